The van der Waals surface area contributed by atoms with Gasteiger partial charge in [0.05, 0.1) is 4.90 Å². The van der Waals surface area contributed by atoms with E-state index < -0.39 is 16.1 Å². The summed E-state index contributed by atoms with van der Waals surface area (Å²) >= 11 is 3.32. The summed E-state index contributed by atoms with van der Waals surface area (Å²) in [5.74, 6) is -0.137. The van der Waals surface area contributed by atoms with E-state index >= 15 is 0 Å². The van der Waals surface area contributed by atoms with Crippen LogP contribution in [-0.4, -0.2) is 37.3 Å². The van der Waals surface area contributed by atoms with Crippen molar-refractivity contribution in [1.29, 1.82) is 0 Å². The number of piperidine rings is 1. The quantitative estimate of drug-likeness (QED) is 0.822. The lowest BCUT2D eigenvalue weighted by Gasteiger charge is -2.34. The Balaban J connectivity index is 1.80. The second-order valence-corrected chi connectivity index (χ2v) is 9.38. The minimum atomic E-state index is -3.65. The molecule has 2 aliphatic rings. The largest absolute Gasteiger partial charge is 0.352 e. The summed E-state index contributed by atoms with van der Waals surface area (Å²) < 4.78 is 28.2. The van der Waals surface area contributed by atoms with Crippen molar-refractivity contribution >= 4 is 31.9 Å². The van der Waals surface area contributed by atoms with E-state index in [0.29, 0.717) is 13.0 Å². The molecule has 24 heavy (non-hydrogen) atoms. The molecule has 1 heterocycles. The molecule has 0 unspecified atom stereocenters. The molecule has 0 radical (unpaired) electrons. The lowest BCUT2D eigenvalue weighted by atomic mass is 10.0. The molecule has 132 valence electrons. The average Bonchev–Trinajstić information content (AvgIpc) is 3.08. The van der Waals surface area contributed by atoms with Crippen LogP contribution < -0.4 is 5.32 Å². The molecular formula is C17H23BrN2O3S. The van der Waals surface area contributed by atoms with Crippen LogP contribution in [0, 0.1) is 0 Å². The van der Waals surface area contributed by atoms with Gasteiger partial charge in [-0.05, 0) is 49.9 Å². The van der Waals surface area contributed by atoms with Gasteiger partial charge in [-0.1, -0.05) is 35.2 Å². The first-order valence-electron chi connectivity index (χ1n) is 8.56. The summed E-state index contributed by atoms with van der Waals surface area (Å²) in [5.41, 5.74) is 0. The third-order valence-corrected chi connectivity index (χ3v) is 7.33. The molecule has 1 atom stereocenters. The van der Waals surface area contributed by atoms with Crippen LogP contribution in [0.5, 0.6) is 0 Å². The maximum Gasteiger partial charge on any atom is 0.243 e. The molecule has 0 spiro atoms. The van der Waals surface area contributed by atoms with Gasteiger partial charge in [-0.2, -0.15) is 4.31 Å². The normalized spacial score (nSPS) is 23.3. The SMILES string of the molecule is O=C(NC1CCCC1)[C@H]1CCCCN1S(=O)(=O)c1ccc(Br)cc1. The summed E-state index contributed by atoms with van der Waals surface area (Å²) in [4.78, 5) is 12.9. The smallest absolute Gasteiger partial charge is 0.243 e. The fraction of sp³-hybridized carbons (Fsp3) is 0.588. The van der Waals surface area contributed by atoms with Gasteiger partial charge in [0.1, 0.15) is 6.04 Å². The summed E-state index contributed by atoms with van der Waals surface area (Å²) in [6.07, 6.45) is 6.54. The van der Waals surface area contributed by atoms with Crippen LogP contribution >= 0.6 is 15.9 Å². The first-order valence-corrected chi connectivity index (χ1v) is 10.8. The second kappa shape index (κ2) is 7.54. The van der Waals surface area contributed by atoms with Gasteiger partial charge in [-0.15, -0.1) is 0 Å². The molecule has 1 saturated carbocycles. The average molecular weight is 415 g/mol. The van der Waals surface area contributed by atoms with E-state index in [1.54, 1.807) is 24.3 Å². The molecule has 1 aromatic carbocycles. The van der Waals surface area contributed by atoms with Crippen molar-refractivity contribution in [3.8, 4) is 0 Å². The number of amides is 1. The molecule has 1 aliphatic carbocycles. The van der Waals surface area contributed by atoms with Gasteiger partial charge < -0.3 is 5.32 Å². The number of benzene rings is 1. The molecule has 3 rings (SSSR count). The number of rotatable bonds is 4. The number of hydrogen-bond donors (Lipinski definition) is 1. The zero-order valence-corrected chi connectivity index (χ0v) is 16.0. The van der Waals surface area contributed by atoms with Crippen molar-refractivity contribution in [3.05, 3.63) is 28.7 Å². The Morgan fingerprint density at radius 1 is 1.04 bits per heavy atom. The zero-order valence-electron chi connectivity index (χ0n) is 13.6. The molecule has 0 bridgehead atoms. The van der Waals surface area contributed by atoms with Crippen LogP contribution in [-0.2, 0) is 14.8 Å². The van der Waals surface area contributed by atoms with Crippen molar-refractivity contribution < 1.29 is 13.2 Å². The Hall–Kier alpha value is -0.920. The van der Waals surface area contributed by atoms with Crippen molar-refractivity contribution in [2.45, 2.75) is 61.9 Å². The van der Waals surface area contributed by atoms with E-state index in [0.717, 1.165) is 43.0 Å². The predicted molar refractivity (Wildman–Crippen MR) is 96.1 cm³/mol. The van der Waals surface area contributed by atoms with Crippen LogP contribution in [0.25, 0.3) is 0 Å². The highest BCUT2D eigenvalue weighted by Gasteiger charge is 2.38. The van der Waals surface area contributed by atoms with Crippen molar-refractivity contribution in [1.82, 2.24) is 9.62 Å². The number of nitrogens with zero attached hydrogens (tertiary/aromatic N) is 1. The number of hydrogen-bond acceptors (Lipinski definition) is 3. The maximum absolute atomic E-state index is 13.0. The van der Waals surface area contributed by atoms with Gasteiger partial charge in [0.25, 0.3) is 0 Å². The highest BCUT2D eigenvalue weighted by atomic mass is 79.9. The van der Waals surface area contributed by atoms with E-state index in [2.05, 4.69) is 21.2 Å². The van der Waals surface area contributed by atoms with E-state index in [9.17, 15) is 13.2 Å². The summed E-state index contributed by atoms with van der Waals surface area (Å²) in [6, 6.07) is 6.21. The molecule has 2 fully saturated rings. The lowest BCUT2D eigenvalue weighted by Crippen LogP contribution is -2.53. The lowest BCUT2D eigenvalue weighted by molar-refractivity contribution is -0.126. The second-order valence-electron chi connectivity index (χ2n) is 6.57. The first-order chi connectivity index (χ1) is 11.5. The van der Waals surface area contributed by atoms with Crippen molar-refractivity contribution in [2.24, 2.45) is 0 Å². The fourth-order valence-corrected chi connectivity index (χ4v) is 5.48. The molecule has 7 heteroatoms. The Bertz CT molecular complexity index is 684. The van der Waals surface area contributed by atoms with E-state index in [1.165, 1.54) is 4.31 Å². The number of carbonyl (C=O) groups is 1. The fourth-order valence-electron chi connectivity index (χ4n) is 3.56. The van der Waals surface area contributed by atoms with Crippen molar-refractivity contribution in [2.75, 3.05) is 6.54 Å². The Morgan fingerprint density at radius 3 is 2.33 bits per heavy atom. The van der Waals surface area contributed by atoms with E-state index in [-0.39, 0.29) is 16.8 Å². The zero-order chi connectivity index (χ0) is 17.2. The molecule has 1 aliphatic heterocycles. The van der Waals surface area contributed by atoms with Crippen LogP contribution in [0.4, 0.5) is 0 Å². The van der Waals surface area contributed by atoms with Crippen LogP contribution in [0.2, 0.25) is 0 Å². The Kier molecular flexibility index (Phi) is 5.62. The third-order valence-electron chi connectivity index (χ3n) is 4.88. The highest BCUT2D eigenvalue weighted by molar-refractivity contribution is 9.10. The molecule has 1 aromatic rings. The minimum Gasteiger partial charge on any atom is -0.352 e. The standard InChI is InChI=1S/C17H23BrN2O3S/c18-13-8-10-15(11-9-13)24(22,23)20-12-4-3-7-16(20)17(21)19-14-5-1-2-6-14/h8-11,14,16H,1-7,12H2,(H,19,21)/t16-/m1/s1. The van der Waals surface area contributed by atoms with Crippen LogP contribution in [0.3, 0.4) is 0 Å². The van der Waals surface area contributed by atoms with Gasteiger partial charge in [-0.25, -0.2) is 8.42 Å². The highest BCUT2D eigenvalue weighted by Crippen LogP contribution is 2.27. The van der Waals surface area contributed by atoms with E-state index in [4.69, 9.17) is 0 Å². The summed E-state index contributed by atoms with van der Waals surface area (Å²) in [6.45, 7) is 0.404. The number of carbonyl (C=O) groups excluding carboxylic acids is 1. The van der Waals surface area contributed by atoms with Gasteiger partial charge in [0, 0.05) is 17.1 Å². The maximum atomic E-state index is 13.0. The third kappa shape index (κ3) is 3.83. The predicted octanol–water partition coefficient (Wildman–Crippen LogP) is 3.05. The van der Waals surface area contributed by atoms with Gasteiger partial charge in [0.15, 0.2) is 0 Å². The number of sulfonamides is 1. The van der Waals surface area contributed by atoms with Crippen molar-refractivity contribution in [3.63, 3.8) is 0 Å². The molecule has 1 N–H and O–H groups in total. The summed E-state index contributed by atoms with van der Waals surface area (Å²) in [7, 11) is -3.65. The molecule has 1 amide bonds. The Morgan fingerprint density at radius 2 is 1.67 bits per heavy atom. The van der Waals surface area contributed by atoms with Crippen LogP contribution in [0.15, 0.2) is 33.6 Å². The molecular weight excluding hydrogens is 392 g/mol. The summed E-state index contributed by atoms with van der Waals surface area (Å²) in [5, 5.41) is 3.06. The topological polar surface area (TPSA) is 66.5 Å². The van der Waals surface area contributed by atoms with Gasteiger partial charge in [0.2, 0.25) is 15.9 Å². The van der Waals surface area contributed by atoms with Gasteiger partial charge >= 0.3 is 0 Å². The molecule has 5 nitrogen and oxygen atoms in total. The monoisotopic (exact) mass is 414 g/mol. The first kappa shape index (κ1) is 17.9. The van der Waals surface area contributed by atoms with E-state index in [1.807, 2.05) is 0 Å². The number of halogens is 1. The Labute approximate surface area is 152 Å². The molecule has 0 aromatic heterocycles. The van der Waals surface area contributed by atoms with Crippen LogP contribution in [0.1, 0.15) is 44.9 Å². The number of nitrogens with one attached hydrogen (secondary N) is 1. The van der Waals surface area contributed by atoms with Gasteiger partial charge in [-0.3, -0.25) is 4.79 Å². The minimum absolute atomic E-state index is 0.137. The molecule has 1 saturated heterocycles.